The van der Waals surface area contributed by atoms with E-state index in [9.17, 15) is 9.90 Å². The molecular weight excluding hydrogens is 424 g/mol. The number of ether oxygens (including phenoxy) is 2. The molecule has 1 fully saturated rings. The molecule has 0 aromatic heterocycles. The molecule has 34 heavy (non-hydrogen) atoms. The first-order chi connectivity index (χ1) is 16.4. The molecular formula is C30H38O4. The van der Waals surface area contributed by atoms with Crippen LogP contribution in [0.15, 0.2) is 49.2 Å². The SMILES string of the molecule is C=COC(=O)c1ccccc1-c1cc2c(cc1OCCCCCCC)C1(C)CCCC2(C)C1O. The van der Waals surface area contributed by atoms with Crippen LogP contribution in [0.3, 0.4) is 0 Å². The molecule has 0 heterocycles. The van der Waals surface area contributed by atoms with Crippen LogP contribution in [0.1, 0.15) is 93.6 Å². The zero-order valence-corrected chi connectivity index (χ0v) is 20.9. The van der Waals surface area contributed by atoms with Gasteiger partial charge in [-0.25, -0.2) is 4.79 Å². The fourth-order valence-electron chi connectivity index (χ4n) is 6.14. The minimum Gasteiger partial charge on any atom is -0.493 e. The maximum atomic E-state index is 12.7. The van der Waals surface area contributed by atoms with Crippen LogP contribution in [-0.2, 0) is 15.6 Å². The Bertz CT molecular complexity index is 1060. The van der Waals surface area contributed by atoms with E-state index in [2.05, 4.69) is 39.5 Å². The highest BCUT2D eigenvalue weighted by atomic mass is 16.5. The number of carbonyl (C=O) groups excluding carboxylic acids is 1. The maximum absolute atomic E-state index is 12.7. The molecule has 0 saturated heterocycles. The molecule has 0 amide bonds. The lowest BCUT2D eigenvalue weighted by molar-refractivity contribution is 0.00835. The lowest BCUT2D eigenvalue weighted by Crippen LogP contribution is -2.46. The van der Waals surface area contributed by atoms with Crippen molar-refractivity contribution < 1.29 is 19.4 Å². The number of esters is 1. The summed E-state index contributed by atoms with van der Waals surface area (Å²) < 4.78 is 11.5. The molecule has 4 heteroatoms. The zero-order valence-electron chi connectivity index (χ0n) is 20.9. The second kappa shape index (κ2) is 9.95. The molecule has 2 aliphatic carbocycles. The maximum Gasteiger partial charge on any atom is 0.343 e. The van der Waals surface area contributed by atoms with Gasteiger partial charge in [0.05, 0.1) is 24.5 Å². The number of aliphatic hydroxyl groups is 1. The Morgan fingerprint density at radius 3 is 2.44 bits per heavy atom. The van der Waals surface area contributed by atoms with Crippen molar-refractivity contribution in [3.05, 3.63) is 65.9 Å². The first-order valence-electron chi connectivity index (χ1n) is 12.8. The molecule has 2 aromatic carbocycles. The van der Waals surface area contributed by atoms with Gasteiger partial charge < -0.3 is 14.6 Å². The third-order valence-corrected chi connectivity index (χ3v) is 8.08. The van der Waals surface area contributed by atoms with Crippen LogP contribution in [0.25, 0.3) is 11.1 Å². The van der Waals surface area contributed by atoms with Crippen molar-refractivity contribution >= 4 is 5.97 Å². The predicted octanol–water partition coefficient (Wildman–Crippen LogP) is 7.08. The van der Waals surface area contributed by atoms with E-state index >= 15 is 0 Å². The Kier molecular flexibility index (Phi) is 7.18. The molecule has 1 saturated carbocycles. The topological polar surface area (TPSA) is 55.8 Å². The van der Waals surface area contributed by atoms with Crippen molar-refractivity contribution in [1.29, 1.82) is 0 Å². The molecule has 4 rings (SSSR count). The summed E-state index contributed by atoms with van der Waals surface area (Å²) in [5.74, 6) is 0.339. The average Bonchev–Trinajstić information content (AvgIpc) is 2.92. The summed E-state index contributed by atoms with van der Waals surface area (Å²) in [5.41, 5.74) is 3.94. The zero-order chi connectivity index (χ0) is 24.3. The summed E-state index contributed by atoms with van der Waals surface area (Å²) >= 11 is 0. The van der Waals surface area contributed by atoms with E-state index in [1.54, 1.807) is 6.07 Å². The second-order valence-corrected chi connectivity index (χ2v) is 10.4. The summed E-state index contributed by atoms with van der Waals surface area (Å²) in [6.45, 7) is 10.7. The van der Waals surface area contributed by atoms with Crippen LogP contribution in [0, 0.1) is 0 Å². The van der Waals surface area contributed by atoms with E-state index in [0.717, 1.165) is 55.2 Å². The molecule has 1 N–H and O–H groups in total. The van der Waals surface area contributed by atoms with Crippen molar-refractivity contribution in [2.45, 2.75) is 89.1 Å². The Balaban J connectivity index is 1.79. The van der Waals surface area contributed by atoms with Crippen molar-refractivity contribution in [2.24, 2.45) is 0 Å². The number of unbranched alkanes of at least 4 members (excludes halogenated alkanes) is 4. The Morgan fingerprint density at radius 1 is 1.06 bits per heavy atom. The molecule has 0 radical (unpaired) electrons. The summed E-state index contributed by atoms with van der Waals surface area (Å²) in [4.78, 5) is 12.7. The highest BCUT2D eigenvalue weighted by Gasteiger charge is 2.57. The first-order valence-corrected chi connectivity index (χ1v) is 12.8. The van der Waals surface area contributed by atoms with E-state index in [1.165, 1.54) is 30.4 Å². The number of rotatable bonds is 10. The molecule has 4 nitrogen and oxygen atoms in total. The van der Waals surface area contributed by atoms with Gasteiger partial charge in [-0.05, 0) is 54.2 Å². The second-order valence-electron chi connectivity index (χ2n) is 10.4. The number of hydrogen-bond donors (Lipinski definition) is 1. The number of benzene rings is 2. The predicted molar refractivity (Wildman–Crippen MR) is 136 cm³/mol. The fourth-order valence-corrected chi connectivity index (χ4v) is 6.14. The minimum absolute atomic E-state index is 0.276. The molecule has 3 atom stereocenters. The molecule has 2 aliphatic rings. The van der Waals surface area contributed by atoms with Gasteiger partial charge in [-0.3, -0.25) is 0 Å². The monoisotopic (exact) mass is 462 g/mol. The van der Waals surface area contributed by atoms with Crippen molar-refractivity contribution in [3.63, 3.8) is 0 Å². The quantitative estimate of drug-likeness (QED) is 0.233. The van der Waals surface area contributed by atoms with Gasteiger partial charge in [-0.1, -0.05) is 77.7 Å². The molecule has 2 bridgehead atoms. The highest BCUT2D eigenvalue weighted by molar-refractivity contribution is 5.98. The fraction of sp³-hybridized carbons (Fsp3) is 0.500. The molecule has 182 valence electrons. The lowest BCUT2D eigenvalue weighted by atomic mass is 9.66. The Labute approximate surface area is 204 Å². The van der Waals surface area contributed by atoms with Crippen LogP contribution in [0.5, 0.6) is 5.75 Å². The molecule has 3 unspecified atom stereocenters. The van der Waals surface area contributed by atoms with Crippen LogP contribution >= 0.6 is 0 Å². The lowest BCUT2D eigenvalue weighted by Gasteiger charge is -2.41. The standard InChI is InChI=1S/C30H38O4/c1-5-7-8-9-12-18-34-26-20-25-24(29(3)16-13-17-30(25,4)28(29)32)19-23(26)21-14-10-11-15-22(21)27(31)33-6-2/h6,10-11,14-15,19-20,28,32H,2,5,7-9,12-13,16-18H2,1,3-4H3. The molecule has 0 spiro atoms. The highest BCUT2D eigenvalue weighted by Crippen LogP contribution is 2.59. The van der Waals surface area contributed by atoms with E-state index in [1.807, 2.05) is 18.2 Å². The normalized spacial score (nSPS) is 25.0. The van der Waals surface area contributed by atoms with Crippen LogP contribution in [0.4, 0.5) is 0 Å². The van der Waals surface area contributed by atoms with Crippen LogP contribution in [-0.4, -0.2) is 23.8 Å². The number of carbonyl (C=O) groups is 1. The van der Waals surface area contributed by atoms with Gasteiger partial charge in [0.25, 0.3) is 0 Å². The summed E-state index contributed by atoms with van der Waals surface area (Å²) in [5, 5.41) is 11.4. The van der Waals surface area contributed by atoms with E-state index in [4.69, 9.17) is 9.47 Å². The van der Waals surface area contributed by atoms with Gasteiger partial charge in [-0.15, -0.1) is 0 Å². The molecule has 0 aliphatic heterocycles. The van der Waals surface area contributed by atoms with E-state index < -0.39 is 12.1 Å². The smallest absolute Gasteiger partial charge is 0.343 e. The van der Waals surface area contributed by atoms with Crippen molar-refractivity contribution in [2.75, 3.05) is 6.61 Å². The third kappa shape index (κ3) is 4.17. The van der Waals surface area contributed by atoms with Gasteiger partial charge in [0, 0.05) is 16.4 Å². The van der Waals surface area contributed by atoms with Gasteiger partial charge in [0.2, 0.25) is 0 Å². The van der Waals surface area contributed by atoms with Crippen LogP contribution < -0.4 is 4.74 Å². The first kappa shape index (κ1) is 24.5. The van der Waals surface area contributed by atoms with Crippen LogP contribution in [0.2, 0.25) is 0 Å². The Hall–Kier alpha value is -2.59. The minimum atomic E-state index is -0.437. The number of hydrogen-bond acceptors (Lipinski definition) is 4. The largest absolute Gasteiger partial charge is 0.493 e. The van der Waals surface area contributed by atoms with Crippen molar-refractivity contribution in [3.8, 4) is 16.9 Å². The van der Waals surface area contributed by atoms with Gasteiger partial charge in [0.15, 0.2) is 0 Å². The van der Waals surface area contributed by atoms with Crippen molar-refractivity contribution in [1.82, 2.24) is 0 Å². The summed E-state index contributed by atoms with van der Waals surface area (Å²) in [6, 6.07) is 11.8. The van der Waals surface area contributed by atoms with E-state index in [-0.39, 0.29) is 10.8 Å². The van der Waals surface area contributed by atoms with Gasteiger partial charge >= 0.3 is 5.97 Å². The summed E-state index contributed by atoms with van der Waals surface area (Å²) in [6.07, 6.45) is 9.56. The van der Waals surface area contributed by atoms with Gasteiger partial charge in [-0.2, -0.15) is 0 Å². The third-order valence-electron chi connectivity index (χ3n) is 8.08. The number of aliphatic hydroxyl groups excluding tert-OH is 1. The molecule has 2 aromatic rings. The Morgan fingerprint density at radius 2 is 1.74 bits per heavy atom. The van der Waals surface area contributed by atoms with E-state index in [0.29, 0.717) is 12.2 Å². The average molecular weight is 463 g/mol. The number of fused-ring (bicyclic) bond motifs is 5. The van der Waals surface area contributed by atoms with Gasteiger partial charge in [0.1, 0.15) is 5.75 Å². The summed E-state index contributed by atoms with van der Waals surface area (Å²) in [7, 11) is 0.